The first kappa shape index (κ1) is 18.0. The number of likely N-dealkylation sites (tertiary alicyclic amines) is 1. The molecule has 0 aromatic heterocycles. The van der Waals surface area contributed by atoms with E-state index in [2.05, 4.69) is 0 Å². The van der Waals surface area contributed by atoms with Gasteiger partial charge in [-0.3, -0.25) is 10.1 Å². The van der Waals surface area contributed by atoms with Crippen LogP contribution >= 0.6 is 23.4 Å². The summed E-state index contributed by atoms with van der Waals surface area (Å²) in [7, 11) is 0. The van der Waals surface area contributed by atoms with Gasteiger partial charge < -0.3 is 17.5 Å². The number of quaternary nitrogens is 1. The molecule has 1 aromatic carbocycles. The fraction of sp³-hybridized carbons (Fsp3) is 0.417. The number of nitrogens with one attached hydrogen (secondary N) is 1. The number of thioether (sulfide) groups is 1. The molecule has 116 valence electrons. The molecule has 1 aromatic rings. The zero-order chi connectivity index (χ0) is 14.7. The predicted molar refractivity (Wildman–Crippen MR) is 75.7 cm³/mol. The number of hydrogen-bond acceptors (Lipinski definition) is 4. The van der Waals surface area contributed by atoms with Crippen LogP contribution in [0.4, 0.5) is 10.5 Å². The Morgan fingerprint density at radius 3 is 2.57 bits per heavy atom. The topological polar surface area (TPSA) is 84.9 Å². The van der Waals surface area contributed by atoms with E-state index in [0.29, 0.717) is 27.9 Å². The third-order valence-electron chi connectivity index (χ3n) is 3.25. The number of rotatable bonds is 3. The molecule has 0 unspecified atom stereocenters. The smallest absolute Gasteiger partial charge is 0.511 e. The van der Waals surface area contributed by atoms with Gasteiger partial charge >= 0.3 is 6.09 Å². The second kappa shape index (κ2) is 7.84. The van der Waals surface area contributed by atoms with E-state index in [4.69, 9.17) is 16.7 Å². The summed E-state index contributed by atoms with van der Waals surface area (Å²) in [6.45, 7) is 1.10. The largest absolute Gasteiger partial charge is 1.00 e. The molecule has 2 N–H and O–H groups in total. The standard InChI is InChI=1S/C12H13ClN2O4S.ClH/c13-8-1-2-11(10(7-8)15(18)19)20-9-3-5-14(6-4-9)12(16)17;/h1-2,7,9H,3-6H2,(H,16,17);1H. The van der Waals surface area contributed by atoms with Gasteiger partial charge in [-0.05, 0) is 12.1 Å². The first-order valence-corrected chi connectivity index (χ1v) is 7.41. The Morgan fingerprint density at radius 1 is 1.43 bits per heavy atom. The number of benzene rings is 1. The molecular formula is C12H14Cl2N2O4S. The molecule has 1 aliphatic rings. The lowest BCUT2D eigenvalue weighted by atomic mass is 10.1. The minimum absolute atomic E-state index is 0. The van der Waals surface area contributed by atoms with Crippen LogP contribution in [0.2, 0.25) is 5.02 Å². The van der Waals surface area contributed by atoms with Crippen LogP contribution in [0.5, 0.6) is 0 Å². The van der Waals surface area contributed by atoms with E-state index in [9.17, 15) is 14.9 Å². The summed E-state index contributed by atoms with van der Waals surface area (Å²) in [4.78, 5) is 22.6. The Kier molecular flexibility index (Phi) is 6.73. The Morgan fingerprint density at radius 2 is 2.05 bits per heavy atom. The summed E-state index contributed by atoms with van der Waals surface area (Å²) < 4.78 is 0. The lowest BCUT2D eigenvalue weighted by Crippen LogP contribution is -3.15. The highest BCUT2D eigenvalue weighted by Crippen LogP contribution is 2.36. The average molecular weight is 353 g/mol. The Bertz CT molecular complexity index is 536. The Hall–Kier alpha value is -1.02. The summed E-state index contributed by atoms with van der Waals surface area (Å²) >= 11 is 7.21. The fourth-order valence-corrected chi connectivity index (χ4v) is 3.58. The summed E-state index contributed by atoms with van der Waals surface area (Å²) in [6, 6.07) is 4.64. The highest BCUT2D eigenvalue weighted by molar-refractivity contribution is 8.00. The monoisotopic (exact) mass is 352 g/mol. The van der Waals surface area contributed by atoms with Gasteiger partial charge in [-0.25, -0.2) is 4.90 Å². The third kappa shape index (κ3) is 4.74. The van der Waals surface area contributed by atoms with Crippen molar-refractivity contribution >= 4 is 35.1 Å². The number of carbonyl (C=O) groups is 1. The second-order valence-corrected chi connectivity index (χ2v) is 6.37. The molecule has 0 atom stereocenters. The molecule has 9 heteroatoms. The maximum Gasteiger partial charge on any atom is 0.511 e. The van der Waals surface area contributed by atoms with Gasteiger partial charge in [0.2, 0.25) is 0 Å². The van der Waals surface area contributed by atoms with Gasteiger partial charge in [-0.15, -0.1) is 11.8 Å². The van der Waals surface area contributed by atoms with E-state index < -0.39 is 11.0 Å². The van der Waals surface area contributed by atoms with Crippen molar-refractivity contribution in [2.45, 2.75) is 23.0 Å². The SMILES string of the molecule is O=C(O)[NH+]1CCC(Sc2ccc(Cl)cc2[N+](=O)[O-])CC1.[Cl-]. The van der Waals surface area contributed by atoms with Crippen LogP contribution in [0.15, 0.2) is 23.1 Å². The highest BCUT2D eigenvalue weighted by atomic mass is 35.5. The lowest BCUT2D eigenvalue weighted by Gasteiger charge is -2.25. The number of piperidine rings is 1. The maximum absolute atomic E-state index is 11.0. The minimum atomic E-state index is -0.828. The van der Waals surface area contributed by atoms with E-state index in [1.807, 2.05) is 0 Å². The summed E-state index contributed by atoms with van der Waals surface area (Å²) in [6.07, 6.45) is 0.629. The number of carboxylic acid groups (broad SMARTS) is 1. The molecule has 21 heavy (non-hydrogen) atoms. The molecule has 1 heterocycles. The predicted octanol–water partition coefficient (Wildman–Crippen LogP) is -0.930. The first-order valence-electron chi connectivity index (χ1n) is 6.16. The van der Waals surface area contributed by atoms with Gasteiger partial charge in [0, 0.05) is 29.2 Å². The van der Waals surface area contributed by atoms with Crippen LogP contribution in [0.25, 0.3) is 0 Å². The lowest BCUT2D eigenvalue weighted by molar-refractivity contribution is -0.828. The van der Waals surface area contributed by atoms with Gasteiger partial charge in [0.25, 0.3) is 5.69 Å². The molecule has 1 amide bonds. The van der Waals surface area contributed by atoms with Crippen LogP contribution in [0, 0.1) is 10.1 Å². The van der Waals surface area contributed by atoms with Gasteiger partial charge in [0.1, 0.15) is 0 Å². The number of nitro groups is 1. The Labute approximate surface area is 137 Å². The summed E-state index contributed by atoms with van der Waals surface area (Å²) in [5, 5.41) is 20.5. The van der Waals surface area contributed by atoms with Crippen LogP contribution in [0.3, 0.4) is 0 Å². The van der Waals surface area contributed by atoms with Crippen molar-refractivity contribution in [2.24, 2.45) is 0 Å². The van der Waals surface area contributed by atoms with E-state index in [1.54, 1.807) is 12.1 Å². The molecule has 0 spiro atoms. The van der Waals surface area contributed by atoms with Crippen LogP contribution in [-0.4, -0.2) is 34.5 Å². The minimum Gasteiger partial charge on any atom is -1.00 e. The van der Waals surface area contributed by atoms with Gasteiger partial charge in [0.15, 0.2) is 0 Å². The van der Waals surface area contributed by atoms with Crippen LogP contribution < -0.4 is 17.3 Å². The molecule has 1 aliphatic heterocycles. The van der Waals surface area contributed by atoms with Crippen LogP contribution in [-0.2, 0) is 0 Å². The van der Waals surface area contributed by atoms with Crippen molar-refractivity contribution in [3.05, 3.63) is 33.3 Å². The molecule has 6 nitrogen and oxygen atoms in total. The third-order valence-corrected chi connectivity index (χ3v) is 4.89. The fourth-order valence-electron chi connectivity index (χ4n) is 2.18. The molecular weight excluding hydrogens is 339 g/mol. The molecule has 0 radical (unpaired) electrons. The molecule has 0 bridgehead atoms. The zero-order valence-corrected chi connectivity index (χ0v) is 13.2. The van der Waals surface area contributed by atoms with Crippen molar-refractivity contribution in [1.82, 2.24) is 0 Å². The quantitative estimate of drug-likeness (QED) is 0.542. The van der Waals surface area contributed by atoms with Gasteiger partial charge in [0.05, 0.1) is 22.9 Å². The molecule has 2 rings (SSSR count). The highest BCUT2D eigenvalue weighted by Gasteiger charge is 2.29. The first-order chi connectivity index (χ1) is 9.47. The van der Waals surface area contributed by atoms with E-state index in [1.165, 1.54) is 17.8 Å². The number of halogens is 2. The summed E-state index contributed by atoms with van der Waals surface area (Å²) in [5.74, 6) is 0. The van der Waals surface area contributed by atoms with Crippen molar-refractivity contribution in [2.75, 3.05) is 13.1 Å². The zero-order valence-electron chi connectivity index (χ0n) is 10.9. The van der Waals surface area contributed by atoms with Crippen molar-refractivity contribution in [1.29, 1.82) is 0 Å². The van der Waals surface area contributed by atoms with Crippen molar-refractivity contribution < 1.29 is 32.1 Å². The van der Waals surface area contributed by atoms with Crippen LogP contribution in [0.1, 0.15) is 12.8 Å². The maximum atomic E-state index is 11.0. The van der Waals surface area contributed by atoms with E-state index in [0.717, 1.165) is 12.8 Å². The number of hydrogen-bond donors (Lipinski definition) is 2. The Balaban J connectivity index is 0.00000220. The summed E-state index contributed by atoms with van der Waals surface area (Å²) in [5.41, 5.74) is 0.00973. The second-order valence-electron chi connectivity index (χ2n) is 4.60. The van der Waals surface area contributed by atoms with Crippen molar-refractivity contribution in [3.63, 3.8) is 0 Å². The van der Waals surface area contributed by atoms with E-state index in [-0.39, 0.29) is 23.3 Å². The number of nitro benzene ring substituents is 1. The van der Waals surface area contributed by atoms with Gasteiger partial charge in [-0.2, -0.15) is 4.79 Å². The number of nitrogens with zero attached hydrogens (tertiary/aromatic N) is 1. The normalized spacial score (nSPS) is 21.4. The molecule has 1 saturated heterocycles. The number of amides is 1. The van der Waals surface area contributed by atoms with Crippen molar-refractivity contribution in [3.8, 4) is 0 Å². The molecule has 0 aliphatic carbocycles. The molecule has 0 saturated carbocycles. The van der Waals surface area contributed by atoms with E-state index >= 15 is 0 Å². The van der Waals surface area contributed by atoms with Gasteiger partial charge in [-0.1, -0.05) is 11.6 Å². The average Bonchev–Trinajstić information content (AvgIpc) is 2.41. The molecule has 1 fully saturated rings.